The lowest BCUT2D eigenvalue weighted by atomic mass is 9.85. The van der Waals surface area contributed by atoms with Crippen molar-refractivity contribution in [2.24, 2.45) is 11.8 Å². The number of nitrogens with one attached hydrogen (secondary N) is 1. The van der Waals surface area contributed by atoms with Crippen molar-refractivity contribution in [3.05, 3.63) is 34.6 Å². The number of piperidine rings is 1. The van der Waals surface area contributed by atoms with Crippen LogP contribution in [0.25, 0.3) is 11.4 Å². The van der Waals surface area contributed by atoms with Crippen LogP contribution in [0, 0.1) is 11.8 Å². The van der Waals surface area contributed by atoms with E-state index >= 15 is 0 Å². The van der Waals surface area contributed by atoms with Crippen LogP contribution in [0.2, 0.25) is 0 Å². The first kappa shape index (κ1) is 14.7. The summed E-state index contributed by atoms with van der Waals surface area (Å²) >= 11 is 3.43. The minimum atomic E-state index is 0.566. The molecule has 0 radical (unpaired) electrons. The molecule has 0 bridgehead atoms. The highest BCUT2D eigenvalue weighted by molar-refractivity contribution is 9.10. The van der Waals surface area contributed by atoms with E-state index in [0.717, 1.165) is 35.4 Å². The van der Waals surface area contributed by atoms with E-state index < -0.39 is 0 Å². The summed E-state index contributed by atoms with van der Waals surface area (Å²) in [5.41, 5.74) is 0.986. The minimum Gasteiger partial charge on any atom is -0.339 e. The van der Waals surface area contributed by atoms with Crippen molar-refractivity contribution in [2.45, 2.75) is 26.2 Å². The Hall–Kier alpha value is -1.20. The molecule has 0 aliphatic carbocycles. The monoisotopic (exact) mass is 349 g/mol. The van der Waals surface area contributed by atoms with Gasteiger partial charge in [0, 0.05) is 16.5 Å². The molecule has 2 atom stereocenters. The van der Waals surface area contributed by atoms with Crippen LogP contribution in [-0.2, 0) is 6.42 Å². The first-order valence-corrected chi connectivity index (χ1v) is 8.31. The SMILES string of the molecule is CC(Cc1nc(-c2ccc(Br)cc2)no1)C1CCCNC1. The van der Waals surface area contributed by atoms with Gasteiger partial charge in [0.2, 0.25) is 11.7 Å². The number of hydrogen-bond acceptors (Lipinski definition) is 4. The summed E-state index contributed by atoms with van der Waals surface area (Å²) in [5, 5.41) is 7.56. The Labute approximate surface area is 133 Å². The molecule has 1 saturated heterocycles. The van der Waals surface area contributed by atoms with Gasteiger partial charge in [-0.2, -0.15) is 4.98 Å². The van der Waals surface area contributed by atoms with Crippen LogP contribution in [-0.4, -0.2) is 23.2 Å². The Bertz CT molecular complexity index is 575. The first-order valence-electron chi connectivity index (χ1n) is 7.51. The molecule has 0 amide bonds. The third-order valence-electron chi connectivity index (χ3n) is 4.21. The fourth-order valence-electron chi connectivity index (χ4n) is 2.86. The van der Waals surface area contributed by atoms with E-state index in [1.165, 1.54) is 12.8 Å². The van der Waals surface area contributed by atoms with Crippen molar-refractivity contribution in [3.63, 3.8) is 0 Å². The quantitative estimate of drug-likeness (QED) is 0.914. The van der Waals surface area contributed by atoms with Crippen LogP contribution in [0.15, 0.2) is 33.3 Å². The van der Waals surface area contributed by atoms with Crippen molar-refractivity contribution >= 4 is 15.9 Å². The second-order valence-corrected chi connectivity index (χ2v) is 6.72. The maximum Gasteiger partial charge on any atom is 0.227 e. The molecule has 1 aliphatic heterocycles. The van der Waals surface area contributed by atoms with Gasteiger partial charge in [-0.25, -0.2) is 0 Å². The summed E-state index contributed by atoms with van der Waals surface area (Å²) in [6.07, 6.45) is 3.42. The number of halogens is 1. The Morgan fingerprint density at radius 3 is 2.90 bits per heavy atom. The number of hydrogen-bond donors (Lipinski definition) is 1. The van der Waals surface area contributed by atoms with Crippen molar-refractivity contribution in [1.82, 2.24) is 15.5 Å². The molecule has 2 heterocycles. The highest BCUT2D eigenvalue weighted by atomic mass is 79.9. The van der Waals surface area contributed by atoms with Crippen molar-refractivity contribution in [1.29, 1.82) is 0 Å². The van der Waals surface area contributed by atoms with Crippen LogP contribution < -0.4 is 5.32 Å². The molecular weight excluding hydrogens is 330 g/mol. The normalized spacial score (nSPS) is 20.4. The molecule has 2 aromatic rings. The van der Waals surface area contributed by atoms with Crippen molar-refractivity contribution in [2.75, 3.05) is 13.1 Å². The average molecular weight is 350 g/mol. The van der Waals surface area contributed by atoms with E-state index in [-0.39, 0.29) is 0 Å². The number of nitrogens with zero attached hydrogens (tertiary/aromatic N) is 2. The van der Waals surface area contributed by atoms with Gasteiger partial charge in [-0.15, -0.1) is 0 Å². The second-order valence-electron chi connectivity index (χ2n) is 5.81. The van der Waals surface area contributed by atoms with Gasteiger partial charge in [-0.05, 0) is 62.0 Å². The van der Waals surface area contributed by atoms with Crippen LogP contribution in [0.1, 0.15) is 25.7 Å². The number of aromatic nitrogens is 2. The maximum absolute atomic E-state index is 5.42. The van der Waals surface area contributed by atoms with E-state index in [9.17, 15) is 0 Å². The molecule has 1 aromatic heterocycles. The summed E-state index contributed by atoms with van der Waals surface area (Å²) in [7, 11) is 0. The fourth-order valence-corrected chi connectivity index (χ4v) is 3.12. The molecular formula is C16H20BrN3O. The Morgan fingerprint density at radius 2 is 2.19 bits per heavy atom. The molecule has 4 nitrogen and oxygen atoms in total. The summed E-state index contributed by atoms with van der Waals surface area (Å²) in [6.45, 7) is 4.54. The lowest BCUT2D eigenvalue weighted by Gasteiger charge is -2.27. The first-order chi connectivity index (χ1) is 10.2. The molecule has 3 rings (SSSR count). The van der Waals surface area contributed by atoms with E-state index in [0.29, 0.717) is 17.7 Å². The van der Waals surface area contributed by atoms with Crippen LogP contribution in [0.4, 0.5) is 0 Å². The summed E-state index contributed by atoms with van der Waals surface area (Å²) in [4.78, 5) is 4.53. The molecule has 1 aromatic carbocycles. The maximum atomic E-state index is 5.42. The van der Waals surface area contributed by atoms with Gasteiger partial charge in [0.05, 0.1) is 0 Å². The molecule has 0 saturated carbocycles. The molecule has 2 unspecified atom stereocenters. The molecule has 0 spiro atoms. The molecule has 1 aliphatic rings. The van der Waals surface area contributed by atoms with Gasteiger partial charge in [0.25, 0.3) is 0 Å². The van der Waals surface area contributed by atoms with Gasteiger partial charge in [0.1, 0.15) is 0 Å². The van der Waals surface area contributed by atoms with Crippen LogP contribution in [0.3, 0.4) is 0 Å². The predicted molar refractivity (Wildman–Crippen MR) is 85.9 cm³/mol. The summed E-state index contributed by atoms with van der Waals surface area (Å²) in [5.74, 6) is 2.69. The van der Waals surface area contributed by atoms with Gasteiger partial charge in [0.15, 0.2) is 0 Å². The molecule has 112 valence electrons. The number of rotatable bonds is 4. The largest absolute Gasteiger partial charge is 0.339 e. The highest BCUT2D eigenvalue weighted by Gasteiger charge is 2.22. The van der Waals surface area contributed by atoms with Gasteiger partial charge < -0.3 is 9.84 Å². The van der Waals surface area contributed by atoms with Gasteiger partial charge in [-0.3, -0.25) is 0 Å². The Morgan fingerprint density at radius 1 is 1.38 bits per heavy atom. The molecule has 21 heavy (non-hydrogen) atoms. The lowest BCUT2D eigenvalue weighted by Crippen LogP contribution is -2.33. The minimum absolute atomic E-state index is 0.566. The van der Waals surface area contributed by atoms with E-state index in [4.69, 9.17) is 4.52 Å². The number of benzene rings is 1. The van der Waals surface area contributed by atoms with E-state index in [1.807, 2.05) is 24.3 Å². The lowest BCUT2D eigenvalue weighted by molar-refractivity contribution is 0.257. The summed E-state index contributed by atoms with van der Waals surface area (Å²) < 4.78 is 6.47. The fraction of sp³-hybridized carbons (Fsp3) is 0.500. The average Bonchev–Trinajstić information content (AvgIpc) is 2.97. The topological polar surface area (TPSA) is 51.0 Å². The van der Waals surface area contributed by atoms with E-state index in [1.54, 1.807) is 0 Å². The Kier molecular flexibility index (Phi) is 4.70. The summed E-state index contributed by atoms with van der Waals surface area (Å²) in [6, 6.07) is 7.96. The van der Waals surface area contributed by atoms with Crippen molar-refractivity contribution < 1.29 is 4.52 Å². The smallest absolute Gasteiger partial charge is 0.227 e. The van der Waals surface area contributed by atoms with Gasteiger partial charge >= 0.3 is 0 Å². The third-order valence-corrected chi connectivity index (χ3v) is 4.74. The van der Waals surface area contributed by atoms with E-state index in [2.05, 4.69) is 38.3 Å². The van der Waals surface area contributed by atoms with Crippen LogP contribution >= 0.6 is 15.9 Å². The zero-order valence-corrected chi connectivity index (χ0v) is 13.8. The Balaban J connectivity index is 1.65. The molecule has 5 heteroatoms. The predicted octanol–water partition coefficient (Wildman–Crippen LogP) is 3.68. The zero-order chi connectivity index (χ0) is 14.7. The zero-order valence-electron chi connectivity index (χ0n) is 12.2. The van der Waals surface area contributed by atoms with Crippen LogP contribution in [0.5, 0.6) is 0 Å². The molecule has 1 fully saturated rings. The third kappa shape index (κ3) is 3.71. The second kappa shape index (κ2) is 6.71. The molecule has 1 N–H and O–H groups in total. The van der Waals surface area contributed by atoms with Gasteiger partial charge in [-0.1, -0.05) is 28.0 Å². The van der Waals surface area contributed by atoms with Crippen molar-refractivity contribution in [3.8, 4) is 11.4 Å². The standard InChI is InChI=1S/C16H20BrN3O/c1-11(13-3-2-8-18-10-13)9-15-19-16(20-21-15)12-4-6-14(17)7-5-12/h4-7,11,13,18H,2-3,8-10H2,1H3. The highest BCUT2D eigenvalue weighted by Crippen LogP contribution is 2.24.